The number of anilines is 4. The summed E-state index contributed by atoms with van der Waals surface area (Å²) in [5.74, 6) is 0. The third kappa shape index (κ3) is 3.22. The Bertz CT molecular complexity index is 1540. The van der Waals surface area contributed by atoms with Crippen LogP contribution in [-0.4, -0.2) is 13.3 Å². The van der Waals surface area contributed by atoms with Gasteiger partial charge in [-0.25, -0.2) is 0 Å². The van der Waals surface area contributed by atoms with Crippen molar-refractivity contribution in [2.45, 2.75) is 56.6 Å². The van der Waals surface area contributed by atoms with Crippen molar-refractivity contribution in [2.24, 2.45) is 0 Å². The highest BCUT2D eigenvalue weighted by molar-refractivity contribution is 6.89. The van der Waals surface area contributed by atoms with Gasteiger partial charge >= 0.3 is 0 Å². The maximum absolute atomic E-state index is 4.89. The molecule has 1 spiro atoms. The fourth-order valence-electron chi connectivity index (χ4n) is 7.91. The van der Waals surface area contributed by atoms with Crippen molar-refractivity contribution in [3.63, 3.8) is 0 Å². The van der Waals surface area contributed by atoms with Crippen LogP contribution in [0.25, 0.3) is 0 Å². The van der Waals surface area contributed by atoms with Gasteiger partial charge in [0.25, 0.3) is 0 Å². The van der Waals surface area contributed by atoms with Crippen molar-refractivity contribution in [2.75, 3.05) is 16.8 Å². The Morgan fingerprint density at radius 1 is 0.718 bits per heavy atom. The van der Waals surface area contributed by atoms with Crippen LogP contribution in [0.15, 0.2) is 109 Å². The first-order chi connectivity index (χ1) is 18.8. The summed E-state index contributed by atoms with van der Waals surface area (Å²) in [4.78, 5) is 2.44. The predicted molar refractivity (Wildman–Crippen MR) is 168 cm³/mol. The number of nitrogens with one attached hydrogen (secondary N) is 1. The molecule has 3 heteroatoms. The van der Waals surface area contributed by atoms with Crippen LogP contribution in [0.5, 0.6) is 0 Å². The van der Waals surface area contributed by atoms with E-state index >= 15 is 0 Å². The van der Waals surface area contributed by atoms with Crippen LogP contribution in [-0.2, 0) is 5.41 Å². The summed E-state index contributed by atoms with van der Waals surface area (Å²) in [5, 5.41) is 4.38. The Kier molecular flexibility index (Phi) is 5.23. The highest BCUT2D eigenvalue weighted by Crippen LogP contribution is 2.73. The number of rotatable bonds is 2. The highest BCUT2D eigenvalue weighted by Gasteiger charge is 2.68. The van der Waals surface area contributed by atoms with Crippen molar-refractivity contribution in [1.82, 2.24) is 0 Å². The number of hydrogen-bond donors (Lipinski definition) is 1. The molecule has 0 aromatic heterocycles. The molecule has 0 radical (unpaired) electrons. The number of nitrogens with zero attached hydrogens (tertiary/aromatic N) is 1. The van der Waals surface area contributed by atoms with E-state index < -0.39 is 5.41 Å². The second kappa shape index (κ2) is 8.39. The van der Waals surface area contributed by atoms with Crippen molar-refractivity contribution >= 4 is 34.9 Å². The summed E-state index contributed by atoms with van der Waals surface area (Å²) in [7, 11) is 0. The quantitative estimate of drug-likeness (QED) is 0.215. The summed E-state index contributed by atoms with van der Waals surface area (Å²) in [6, 6.07) is 36.0. The first-order valence-corrected chi connectivity index (χ1v) is 14.4. The lowest BCUT2D eigenvalue weighted by atomic mass is 9.51. The van der Waals surface area contributed by atoms with Crippen LogP contribution in [0, 0.1) is 0 Å². The molecule has 0 unspecified atom stereocenters. The monoisotopic (exact) mass is 508 g/mol. The fourth-order valence-corrected chi connectivity index (χ4v) is 7.91. The maximum atomic E-state index is 4.89. The molecule has 4 aromatic carbocycles. The van der Waals surface area contributed by atoms with Gasteiger partial charge in [0.1, 0.15) is 0 Å². The fraction of sp³-hybridized carbons (Fsp3) is 0.278. The topological polar surface area (TPSA) is 15.3 Å². The van der Waals surface area contributed by atoms with Crippen molar-refractivity contribution < 1.29 is 0 Å². The molecule has 1 saturated heterocycles. The number of allylic oxidation sites excluding steroid dienone is 1. The van der Waals surface area contributed by atoms with Gasteiger partial charge in [-0.1, -0.05) is 123 Å². The molecule has 0 aliphatic carbocycles. The van der Waals surface area contributed by atoms with Crippen LogP contribution < -0.4 is 15.7 Å². The highest BCUT2D eigenvalue weighted by atomic mass is 15.2. The normalized spacial score (nSPS) is 19.7. The van der Waals surface area contributed by atoms with Crippen LogP contribution in [0.1, 0.15) is 57.2 Å². The molecular formula is C36H37BN2. The molecule has 0 saturated carbocycles. The SMILES string of the molecule is C=C1CCCNc2ccc(B3C(C)(C)C3(C)C)cc2C12c1ccccc1N(c1ccccc1)c1ccccc12. The zero-order valence-electron chi connectivity index (χ0n) is 23.6. The van der Waals surface area contributed by atoms with Gasteiger partial charge in [0, 0.05) is 17.9 Å². The van der Waals surface area contributed by atoms with E-state index in [0.29, 0.717) is 6.71 Å². The molecule has 3 aliphatic heterocycles. The first kappa shape index (κ1) is 24.3. The van der Waals surface area contributed by atoms with Gasteiger partial charge < -0.3 is 10.2 Å². The third-order valence-electron chi connectivity index (χ3n) is 10.4. The summed E-state index contributed by atoms with van der Waals surface area (Å²) in [5.41, 5.74) is 11.1. The van der Waals surface area contributed by atoms with Gasteiger partial charge in [0.2, 0.25) is 0 Å². The Balaban J connectivity index is 1.57. The Labute approximate surface area is 233 Å². The molecule has 39 heavy (non-hydrogen) atoms. The minimum atomic E-state index is -0.444. The molecule has 1 fully saturated rings. The zero-order chi connectivity index (χ0) is 27.0. The molecule has 0 atom stereocenters. The smallest absolute Gasteiger partial charge is 0.187 e. The molecule has 7 rings (SSSR count). The van der Waals surface area contributed by atoms with E-state index in [1.54, 1.807) is 0 Å². The molecule has 0 amide bonds. The van der Waals surface area contributed by atoms with E-state index in [0.717, 1.165) is 19.4 Å². The molecule has 4 aromatic rings. The molecule has 1 N–H and O–H groups in total. The Morgan fingerprint density at radius 2 is 1.31 bits per heavy atom. The average Bonchev–Trinajstić information content (AvgIpc) is 3.36. The van der Waals surface area contributed by atoms with E-state index in [4.69, 9.17) is 6.58 Å². The predicted octanol–water partition coefficient (Wildman–Crippen LogP) is 8.84. The molecule has 3 aliphatic rings. The molecule has 2 nitrogen and oxygen atoms in total. The van der Waals surface area contributed by atoms with Gasteiger partial charge in [-0.05, 0) is 59.9 Å². The van der Waals surface area contributed by atoms with E-state index in [1.807, 2.05) is 0 Å². The molecular weight excluding hydrogens is 471 g/mol. The Hall–Kier alpha value is -3.72. The number of para-hydroxylation sites is 3. The van der Waals surface area contributed by atoms with Crippen LogP contribution in [0.4, 0.5) is 22.7 Å². The number of hydrogen-bond acceptors (Lipinski definition) is 2. The minimum absolute atomic E-state index is 0.271. The Morgan fingerprint density at radius 3 is 1.92 bits per heavy atom. The lowest BCUT2D eigenvalue weighted by Crippen LogP contribution is -2.40. The molecule has 194 valence electrons. The van der Waals surface area contributed by atoms with Gasteiger partial charge in [0.15, 0.2) is 6.71 Å². The van der Waals surface area contributed by atoms with Gasteiger partial charge in [-0.2, -0.15) is 0 Å². The maximum Gasteiger partial charge on any atom is 0.187 e. The third-order valence-corrected chi connectivity index (χ3v) is 10.4. The average molecular weight is 509 g/mol. The van der Waals surface area contributed by atoms with E-state index in [9.17, 15) is 0 Å². The first-order valence-electron chi connectivity index (χ1n) is 14.4. The summed E-state index contributed by atoms with van der Waals surface area (Å²) in [6.45, 7) is 16.1. The van der Waals surface area contributed by atoms with Crippen LogP contribution >= 0.6 is 0 Å². The van der Waals surface area contributed by atoms with Crippen LogP contribution in [0.2, 0.25) is 10.6 Å². The zero-order valence-corrected chi connectivity index (χ0v) is 23.6. The minimum Gasteiger partial charge on any atom is -0.385 e. The van der Waals surface area contributed by atoms with Gasteiger partial charge in [-0.15, -0.1) is 0 Å². The number of fused-ring (bicyclic) bond motifs is 6. The summed E-state index contributed by atoms with van der Waals surface area (Å²) >= 11 is 0. The lowest BCUT2D eigenvalue weighted by molar-refractivity contribution is 0.628. The van der Waals surface area contributed by atoms with Crippen molar-refractivity contribution in [3.8, 4) is 0 Å². The van der Waals surface area contributed by atoms with Gasteiger partial charge in [-0.3, -0.25) is 0 Å². The summed E-state index contributed by atoms with van der Waals surface area (Å²) < 4.78 is 0. The second-order valence-corrected chi connectivity index (χ2v) is 12.8. The van der Waals surface area contributed by atoms with E-state index in [1.165, 1.54) is 50.5 Å². The van der Waals surface area contributed by atoms with Gasteiger partial charge in [0.05, 0.1) is 16.8 Å². The van der Waals surface area contributed by atoms with E-state index in [-0.39, 0.29) is 10.6 Å². The van der Waals surface area contributed by atoms with Crippen LogP contribution in [0.3, 0.4) is 0 Å². The molecule has 0 bridgehead atoms. The van der Waals surface area contributed by atoms with Crippen molar-refractivity contribution in [1.29, 1.82) is 0 Å². The van der Waals surface area contributed by atoms with Crippen molar-refractivity contribution in [3.05, 3.63) is 126 Å². The summed E-state index contributed by atoms with van der Waals surface area (Å²) in [6.07, 6.45) is 2.04. The lowest BCUT2D eigenvalue weighted by Gasteiger charge is -2.48. The standard InChI is InChI=1S/C36H37BN2/c1-25-14-13-23-38-31-22-21-26(37-34(2,3)35(37,4)5)24-30(31)36(25)28-17-9-11-19-32(28)39(27-15-7-6-8-16-27)33-20-12-10-18-29(33)36/h6-12,15-22,24,38H,1,13-14,23H2,2-5H3. The molecule has 3 heterocycles. The second-order valence-electron chi connectivity index (χ2n) is 12.8. The number of benzene rings is 4. The van der Waals surface area contributed by atoms with E-state index in [2.05, 4.69) is 135 Å². The largest absolute Gasteiger partial charge is 0.385 e.